The van der Waals surface area contributed by atoms with E-state index in [2.05, 4.69) is 22.2 Å². The number of phenols is 1. The van der Waals surface area contributed by atoms with E-state index in [9.17, 15) is 5.11 Å². The Labute approximate surface area is 176 Å². The molecule has 0 aliphatic rings. The van der Waals surface area contributed by atoms with Crippen LogP contribution in [0.25, 0.3) is 32.1 Å². The predicted molar refractivity (Wildman–Crippen MR) is 121 cm³/mol. The molecule has 6 heteroatoms. The van der Waals surface area contributed by atoms with E-state index in [0.29, 0.717) is 5.02 Å². The summed E-state index contributed by atoms with van der Waals surface area (Å²) < 4.78 is 0. The number of nitrogens with one attached hydrogen (secondary N) is 1. The van der Waals surface area contributed by atoms with E-state index in [1.54, 1.807) is 23.7 Å². The first kappa shape index (κ1) is 17.9. The zero-order chi connectivity index (χ0) is 20.0. The fraction of sp³-hybridized carbons (Fsp3) is 0.0435. The zero-order valence-electron chi connectivity index (χ0n) is 15.5. The van der Waals surface area contributed by atoms with Crippen molar-refractivity contribution in [2.24, 2.45) is 0 Å². The van der Waals surface area contributed by atoms with Gasteiger partial charge in [0.05, 0.1) is 5.39 Å². The third-order valence-corrected chi connectivity index (χ3v) is 6.21. The Balaban J connectivity index is 1.71. The molecule has 5 rings (SSSR count). The summed E-state index contributed by atoms with van der Waals surface area (Å²) in [5.41, 5.74) is 3.06. The summed E-state index contributed by atoms with van der Waals surface area (Å²) in [6, 6.07) is 19.1. The molecule has 5 aromatic rings. The van der Waals surface area contributed by atoms with Crippen molar-refractivity contribution in [3.8, 4) is 16.9 Å². The van der Waals surface area contributed by atoms with Crippen LogP contribution in [0, 0.1) is 6.92 Å². The van der Waals surface area contributed by atoms with E-state index in [4.69, 9.17) is 11.6 Å². The largest absolute Gasteiger partial charge is 0.507 e. The topological polar surface area (TPSA) is 58.0 Å². The summed E-state index contributed by atoms with van der Waals surface area (Å²) in [7, 11) is 0. The molecule has 0 bridgehead atoms. The van der Waals surface area contributed by atoms with Gasteiger partial charge in [-0.05, 0) is 36.8 Å². The van der Waals surface area contributed by atoms with Crippen LogP contribution in [0.15, 0.2) is 67.0 Å². The number of phenolic OH excluding ortho intramolecular Hbond substituents is 1. The lowest BCUT2D eigenvalue weighted by Gasteiger charge is -2.12. The Morgan fingerprint density at radius 1 is 0.931 bits per heavy atom. The number of hydrogen-bond donors (Lipinski definition) is 2. The van der Waals surface area contributed by atoms with Gasteiger partial charge in [0.15, 0.2) is 0 Å². The fourth-order valence-electron chi connectivity index (χ4n) is 3.63. The number of aryl methyl sites for hydroxylation is 1. The van der Waals surface area contributed by atoms with E-state index in [1.165, 1.54) is 4.88 Å². The van der Waals surface area contributed by atoms with E-state index in [-0.39, 0.29) is 5.75 Å². The molecule has 0 amide bonds. The van der Waals surface area contributed by atoms with Crippen LogP contribution in [-0.2, 0) is 0 Å². The highest BCUT2D eigenvalue weighted by atomic mass is 35.5. The van der Waals surface area contributed by atoms with Crippen LogP contribution in [0.2, 0.25) is 5.02 Å². The number of halogens is 1. The molecule has 3 aromatic carbocycles. The van der Waals surface area contributed by atoms with Gasteiger partial charge in [0.1, 0.15) is 22.7 Å². The summed E-state index contributed by atoms with van der Waals surface area (Å²) in [6.07, 6.45) is 1.58. The lowest BCUT2D eigenvalue weighted by atomic mass is 10.0. The number of benzene rings is 3. The number of thiophene rings is 1. The highest BCUT2D eigenvalue weighted by Gasteiger charge is 2.17. The Kier molecular flexibility index (Phi) is 4.34. The average Bonchev–Trinajstić information content (AvgIpc) is 3.06. The maximum absolute atomic E-state index is 10.2. The molecule has 29 heavy (non-hydrogen) atoms. The van der Waals surface area contributed by atoms with E-state index in [0.717, 1.165) is 43.6 Å². The van der Waals surface area contributed by atoms with Gasteiger partial charge >= 0.3 is 0 Å². The van der Waals surface area contributed by atoms with E-state index >= 15 is 0 Å². The Morgan fingerprint density at radius 3 is 2.52 bits per heavy atom. The minimum absolute atomic E-state index is 0.257. The predicted octanol–water partition coefficient (Wildman–Crippen LogP) is 6.92. The van der Waals surface area contributed by atoms with Crippen molar-refractivity contribution in [3.63, 3.8) is 0 Å². The van der Waals surface area contributed by atoms with Crippen molar-refractivity contribution in [2.75, 3.05) is 5.32 Å². The molecule has 142 valence electrons. The van der Waals surface area contributed by atoms with Crippen LogP contribution in [-0.4, -0.2) is 15.1 Å². The second-order valence-corrected chi connectivity index (χ2v) is 8.39. The second-order valence-electron chi connectivity index (χ2n) is 6.75. The molecular weight excluding hydrogens is 402 g/mol. The molecule has 0 aliphatic heterocycles. The van der Waals surface area contributed by atoms with E-state index < -0.39 is 0 Å². The number of aromatic hydroxyl groups is 1. The lowest BCUT2D eigenvalue weighted by Crippen LogP contribution is -1.96. The first-order valence-corrected chi connectivity index (χ1v) is 10.3. The van der Waals surface area contributed by atoms with Gasteiger partial charge in [-0.1, -0.05) is 48.0 Å². The summed E-state index contributed by atoms with van der Waals surface area (Å²) in [5, 5.41) is 17.1. The first-order chi connectivity index (χ1) is 14.1. The minimum Gasteiger partial charge on any atom is -0.507 e. The molecule has 0 radical (unpaired) electrons. The van der Waals surface area contributed by atoms with Gasteiger partial charge in [-0.15, -0.1) is 11.3 Å². The number of aromatic nitrogens is 2. The van der Waals surface area contributed by atoms with Crippen LogP contribution >= 0.6 is 22.9 Å². The number of hydrogen-bond acceptors (Lipinski definition) is 5. The van der Waals surface area contributed by atoms with Crippen LogP contribution in [0.5, 0.6) is 5.75 Å². The molecule has 2 heterocycles. The van der Waals surface area contributed by atoms with Gasteiger partial charge in [0, 0.05) is 31.9 Å². The Hall–Kier alpha value is -3.15. The normalized spacial score (nSPS) is 11.2. The molecule has 0 atom stereocenters. The van der Waals surface area contributed by atoms with Crippen LogP contribution in [0.4, 0.5) is 11.5 Å². The summed E-state index contributed by atoms with van der Waals surface area (Å²) in [6.45, 7) is 2.09. The van der Waals surface area contributed by atoms with Crippen LogP contribution in [0.1, 0.15) is 4.88 Å². The highest BCUT2D eigenvalue weighted by Crippen LogP contribution is 2.42. The van der Waals surface area contributed by atoms with Gasteiger partial charge in [0.25, 0.3) is 0 Å². The highest BCUT2D eigenvalue weighted by molar-refractivity contribution is 7.19. The van der Waals surface area contributed by atoms with Crippen LogP contribution < -0.4 is 5.32 Å². The lowest BCUT2D eigenvalue weighted by molar-refractivity contribution is 0.481. The second kappa shape index (κ2) is 7.03. The number of anilines is 2. The summed E-state index contributed by atoms with van der Waals surface area (Å²) in [4.78, 5) is 11.1. The van der Waals surface area contributed by atoms with E-state index in [1.807, 2.05) is 54.6 Å². The summed E-state index contributed by atoms with van der Waals surface area (Å²) >= 11 is 7.73. The molecule has 4 nitrogen and oxygen atoms in total. The van der Waals surface area contributed by atoms with Crippen molar-refractivity contribution >= 4 is 55.4 Å². The van der Waals surface area contributed by atoms with Gasteiger partial charge in [0.2, 0.25) is 0 Å². The van der Waals surface area contributed by atoms with Crippen molar-refractivity contribution in [1.82, 2.24) is 9.97 Å². The SMILES string of the molecule is Cc1sc2ncnc(Nc3cccc4c(O)cccc34)c2c1-c1ccc(Cl)cc1. The monoisotopic (exact) mass is 417 g/mol. The van der Waals surface area contributed by atoms with Crippen molar-refractivity contribution in [2.45, 2.75) is 6.92 Å². The maximum atomic E-state index is 10.2. The molecule has 2 N–H and O–H groups in total. The molecule has 0 spiro atoms. The molecule has 0 saturated heterocycles. The fourth-order valence-corrected chi connectivity index (χ4v) is 4.77. The quantitative estimate of drug-likeness (QED) is 0.334. The standard InChI is InChI=1S/C23H16ClN3OS/c1-13-20(14-8-10-15(24)11-9-14)21-22(25-12-26-23(21)29-13)27-18-6-2-5-17-16(18)4-3-7-19(17)28/h2-12,28H,1H3,(H,25,26,27). The third kappa shape index (κ3) is 3.09. The van der Waals surface area contributed by atoms with Crippen molar-refractivity contribution < 1.29 is 5.11 Å². The maximum Gasteiger partial charge on any atom is 0.143 e. The minimum atomic E-state index is 0.257. The van der Waals surface area contributed by atoms with Crippen LogP contribution in [0.3, 0.4) is 0 Å². The van der Waals surface area contributed by atoms with Gasteiger partial charge in [-0.25, -0.2) is 9.97 Å². The first-order valence-electron chi connectivity index (χ1n) is 9.09. The van der Waals surface area contributed by atoms with Gasteiger partial charge < -0.3 is 10.4 Å². The molecular formula is C23H16ClN3OS. The Bertz CT molecular complexity index is 1360. The summed E-state index contributed by atoms with van der Waals surface area (Å²) in [5.74, 6) is 0.993. The average molecular weight is 418 g/mol. The molecule has 0 fully saturated rings. The number of nitrogens with zero attached hydrogens (tertiary/aromatic N) is 2. The smallest absolute Gasteiger partial charge is 0.143 e. The number of rotatable bonds is 3. The molecule has 2 aromatic heterocycles. The van der Waals surface area contributed by atoms with Gasteiger partial charge in [-0.2, -0.15) is 0 Å². The van der Waals surface area contributed by atoms with Gasteiger partial charge in [-0.3, -0.25) is 0 Å². The molecule has 0 unspecified atom stereocenters. The Morgan fingerprint density at radius 2 is 1.69 bits per heavy atom. The zero-order valence-corrected chi connectivity index (χ0v) is 17.1. The third-order valence-electron chi connectivity index (χ3n) is 4.95. The number of fused-ring (bicyclic) bond motifs is 2. The van der Waals surface area contributed by atoms with Crippen molar-refractivity contribution in [3.05, 3.63) is 76.9 Å². The molecule has 0 aliphatic carbocycles. The van der Waals surface area contributed by atoms with Crippen molar-refractivity contribution in [1.29, 1.82) is 0 Å². The molecule has 0 saturated carbocycles.